The molecule has 1 unspecified atom stereocenters. The first-order valence-electron chi connectivity index (χ1n) is 11.6. The first-order chi connectivity index (χ1) is 17.2. The number of unbranched alkanes of at least 4 members (excludes halogenated alkanes) is 1. The largest absolute Gasteiger partial charge is 0.476 e. The van der Waals surface area contributed by atoms with Crippen molar-refractivity contribution < 1.29 is 32.2 Å². The maximum absolute atomic E-state index is 14.1. The van der Waals surface area contributed by atoms with Crippen LogP contribution in [0, 0.1) is 0 Å². The third-order valence-electron chi connectivity index (χ3n) is 5.89. The normalized spacial score (nSPS) is 17.9. The Balaban J connectivity index is 2.25. The molecule has 0 amide bonds. The number of para-hydroxylation sites is 1. The second-order valence-corrected chi connectivity index (χ2v) is 10.9. The van der Waals surface area contributed by atoms with Crippen LogP contribution in [0.3, 0.4) is 0 Å². The van der Waals surface area contributed by atoms with Crippen LogP contribution in [0.5, 0.6) is 5.75 Å². The van der Waals surface area contributed by atoms with Crippen LogP contribution >= 0.6 is 11.8 Å². The lowest BCUT2D eigenvalue weighted by atomic mass is 10.1. The summed E-state index contributed by atoms with van der Waals surface area (Å²) >= 11 is 1.28. The van der Waals surface area contributed by atoms with E-state index in [0.717, 1.165) is 18.5 Å². The molecule has 0 aromatic heterocycles. The number of ether oxygens (including phenoxy) is 2. The highest BCUT2D eigenvalue weighted by Crippen LogP contribution is 2.43. The summed E-state index contributed by atoms with van der Waals surface area (Å²) < 4.78 is 53.8. The summed E-state index contributed by atoms with van der Waals surface area (Å²) in [6.07, 6.45) is 4.69. The number of aliphatic carboxylic acids is 1. The molecule has 2 aromatic carbocycles. The average molecular weight is 539 g/mol. The van der Waals surface area contributed by atoms with Crippen molar-refractivity contribution in [3.63, 3.8) is 0 Å². The van der Waals surface area contributed by atoms with E-state index in [-0.39, 0.29) is 29.8 Å². The second kappa shape index (κ2) is 12.6. The molecule has 36 heavy (non-hydrogen) atoms. The summed E-state index contributed by atoms with van der Waals surface area (Å²) in [7, 11) is -2.50. The summed E-state index contributed by atoms with van der Waals surface area (Å²) in [4.78, 5) is 13.4. The van der Waals surface area contributed by atoms with E-state index < -0.39 is 21.8 Å². The van der Waals surface area contributed by atoms with Crippen LogP contribution in [-0.4, -0.2) is 62.9 Å². The Morgan fingerprint density at radius 2 is 2.00 bits per heavy atom. The number of carboxylic acids is 1. The molecule has 0 saturated heterocycles. The molecule has 0 aliphatic carbocycles. The molecule has 0 radical (unpaired) electrons. The van der Waals surface area contributed by atoms with E-state index in [2.05, 4.69) is 6.92 Å². The topological polar surface area (TPSA) is 96.4 Å². The molecule has 2 aromatic rings. The zero-order chi connectivity index (χ0) is 26.3. The summed E-state index contributed by atoms with van der Waals surface area (Å²) in [6.45, 7) is 2.89. The zero-order valence-corrected chi connectivity index (χ0v) is 22.1. The van der Waals surface area contributed by atoms with Gasteiger partial charge >= 0.3 is 5.97 Å². The number of hydrogen-bond donors (Lipinski definition) is 1. The Morgan fingerprint density at radius 3 is 2.61 bits per heavy atom. The molecule has 0 fully saturated rings. The Hall–Kier alpha value is -2.60. The van der Waals surface area contributed by atoms with Crippen LogP contribution in [0.4, 0.5) is 15.8 Å². The highest BCUT2D eigenvalue weighted by atomic mass is 32.2. The molecular formula is C25H31FN2O6S2. The van der Waals surface area contributed by atoms with Crippen molar-refractivity contribution in [2.24, 2.45) is 0 Å². The van der Waals surface area contributed by atoms with Gasteiger partial charge in [0, 0.05) is 38.0 Å². The van der Waals surface area contributed by atoms with Gasteiger partial charge < -0.3 is 19.5 Å². The van der Waals surface area contributed by atoms with Gasteiger partial charge in [-0.05, 0) is 30.9 Å². The Kier molecular flexibility index (Phi) is 9.77. The number of benzene rings is 2. The number of thioether (sulfide) groups is 1. The number of methoxy groups -OCH3 is 1. The predicted molar refractivity (Wildman–Crippen MR) is 138 cm³/mol. The van der Waals surface area contributed by atoms with Gasteiger partial charge in [0.15, 0.2) is 0 Å². The van der Waals surface area contributed by atoms with E-state index in [1.54, 1.807) is 12.3 Å². The third kappa shape index (κ3) is 6.20. The first kappa shape index (κ1) is 28.0. The van der Waals surface area contributed by atoms with Crippen molar-refractivity contribution in [1.82, 2.24) is 4.31 Å². The average Bonchev–Trinajstić information content (AvgIpc) is 2.96. The molecular weight excluding hydrogens is 507 g/mol. The van der Waals surface area contributed by atoms with Gasteiger partial charge in [-0.3, -0.25) is 0 Å². The van der Waals surface area contributed by atoms with Crippen LogP contribution in [-0.2, 0) is 19.6 Å². The predicted octanol–water partition coefficient (Wildman–Crippen LogP) is 5.03. The summed E-state index contributed by atoms with van der Waals surface area (Å²) in [5, 5.41) is 8.83. The zero-order valence-electron chi connectivity index (χ0n) is 20.5. The lowest BCUT2D eigenvalue weighted by Crippen LogP contribution is -2.45. The number of fused-ring (bicyclic) bond motifs is 1. The summed E-state index contributed by atoms with van der Waals surface area (Å²) in [5.74, 6) is -3.22. The lowest BCUT2D eigenvalue weighted by molar-refractivity contribution is -0.134. The highest BCUT2D eigenvalue weighted by Gasteiger charge is 2.39. The van der Waals surface area contributed by atoms with Crippen molar-refractivity contribution in [2.75, 3.05) is 38.0 Å². The molecule has 1 heterocycles. The molecule has 0 bridgehead atoms. The van der Waals surface area contributed by atoms with E-state index in [1.807, 2.05) is 35.2 Å². The molecule has 0 spiro atoms. The number of sulfonamides is 1. The Bertz CT molecular complexity index is 1190. The molecule has 11 heteroatoms. The molecule has 0 saturated carbocycles. The molecule has 1 aliphatic rings. The van der Waals surface area contributed by atoms with Crippen LogP contribution in [0.1, 0.15) is 26.2 Å². The second-order valence-electron chi connectivity index (χ2n) is 8.21. The Labute approximate surface area is 215 Å². The van der Waals surface area contributed by atoms with Crippen LogP contribution in [0.2, 0.25) is 0 Å². The van der Waals surface area contributed by atoms with E-state index in [9.17, 15) is 17.6 Å². The number of nitrogens with zero attached hydrogens (tertiary/aromatic N) is 2. The number of anilines is 2. The van der Waals surface area contributed by atoms with E-state index in [4.69, 9.17) is 14.6 Å². The van der Waals surface area contributed by atoms with Gasteiger partial charge in [0.25, 0.3) is 0 Å². The molecule has 8 nitrogen and oxygen atoms in total. The summed E-state index contributed by atoms with van der Waals surface area (Å²) in [5.41, 5.74) is 1.31. The van der Waals surface area contributed by atoms with Crippen molar-refractivity contribution in [3.05, 3.63) is 54.6 Å². The maximum Gasteiger partial charge on any atom is 0.368 e. The molecule has 1 N–H and O–H groups in total. The van der Waals surface area contributed by atoms with Gasteiger partial charge in [-0.15, -0.1) is 11.8 Å². The minimum Gasteiger partial charge on any atom is -0.476 e. The summed E-state index contributed by atoms with van der Waals surface area (Å²) in [6, 6.07) is 12.3. The highest BCUT2D eigenvalue weighted by molar-refractivity contribution is 7.98. The third-order valence-corrected chi connectivity index (χ3v) is 8.63. The fraction of sp³-hybridized carbons (Fsp3) is 0.400. The smallest absolute Gasteiger partial charge is 0.368 e. The SMILES string of the molecule is CCCCC1CN(c2ccccc2)c2cc(SC)c(O/C=C(\F)C(=O)O)cc2S(=O)(=O)N1CCOC. The van der Waals surface area contributed by atoms with Crippen LogP contribution < -0.4 is 9.64 Å². The fourth-order valence-corrected chi connectivity index (χ4v) is 6.46. The number of halogens is 1. The monoisotopic (exact) mass is 538 g/mol. The van der Waals surface area contributed by atoms with E-state index in [1.165, 1.54) is 29.2 Å². The standard InChI is InChI=1S/C25H31FN2O6S2/c1-4-5-9-19-16-27(18-10-7-6-8-11-18)21-14-23(35-3)22(34-17-20(26)25(29)30)15-24(21)36(31,32)28(19)12-13-33-2/h6-8,10-11,14-15,17,19H,4-5,9,12-13,16H2,1-3H3,(H,29,30)/b20-17-. The number of carbonyl (C=O) groups is 1. The molecule has 3 rings (SSSR count). The van der Waals surface area contributed by atoms with Crippen molar-refractivity contribution in [1.29, 1.82) is 0 Å². The number of rotatable bonds is 11. The van der Waals surface area contributed by atoms with Gasteiger partial charge in [-0.25, -0.2) is 13.2 Å². The minimum absolute atomic E-state index is 0.00149. The van der Waals surface area contributed by atoms with Gasteiger partial charge in [0.2, 0.25) is 15.9 Å². The van der Waals surface area contributed by atoms with Gasteiger partial charge in [-0.1, -0.05) is 38.0 Å². The molecule has 1 aliphatic heterocycles. The fourth-order valence-electron chi connectivity index (χ4n) is 4.10. The van der Waals surface area contributed by atoms with Crippen LogP contribution in [0.15, 0.2) is 64.3 Å². The van der Waals surface area contributed by atoms with Crippen LogP contribution in [0.25, 0.3) is 0 Å². The van der Waals surface area contributed by atoms with Crippen molar-refractivity contribution in [3.8, 4) is 5.75 Å². The quantitative estimate of drug-likeness (QED) is 0.242. The Morgan fingerprint density at radius 1 is 1.28 bits per heavy atom. The van der Waals surface area contributed by atoms with Crippen molar-refractivity contribution in [2.45, 2.75) is 42.0 Å². The first-order valence-corrected chi connectivity index (χ1v) is 14.2. The number of carboxylic acid groups (broad SMARTS) is 1. The van der Waals surface area contributed by atoms with Gasteiger partial charge in [0.05, 0.1) is 17.2 Å². The van der Waals surface area contributed by atoms with Gasteiger partial charge in [0.1, 0.15) is 16.9 Å². The minimum atomic E-state index is -4.02. The number of hydrogen-bond acceptors (Lipinski definition) is 7. The van der Waals surface area contributed by atoms with Gasteiger partial charge in [-0.2, -0.15) is 8.70 Å². The molecule has 1 atom stereocenters. The van der Waals surface area contributed by atoms with Crippen molar-refractivity contribution >= 4 is 39.1 Å². The maximum atomic E-state index is 14.1. The lowest BCUT2D eigenvalue weighted by Gasteiger charge is -2.31. The van der Waals surface area contributed by atoms with E-state index >= 15 is 0 Å². The van der Waals surface area contributed by atoms with E-state index in [0.29, 0.717) is 29.8 Å². The molecule has 196 valence electrons.